The van der Waals surface area contributed by atoms with Crippen LogP contribution in [0.4, 0.5) is 0 Å². The molecule has 0 saturated heterocycles. The number of nitrogens with zero attached hydrogens (tertiary/aromatic N) is 2. The number of H-pyrrole nitrogens is 4. The SMILES string of the molecule is C/C=C/C(=O)O.CC(CC(=O)n1[nH]c(=O)c2ccccc21)c1ccc2cc(O)ccc2c1.COc1ccc2cc(Br)ccc2c1.COc1ccc2cc(C(C)CC(=O)O)ccc2c1.COc1ccc2cc(C(C)CC(=O)n3[nH]c(=O)c4ccccc43)ccc2c1.O=c1[nH][nH]c2ccccc12. The minimum absolute atomic E-state index is 0.00892. The molecule has 0 aliphatic carbocycles. The Hall–Kier alpha value is -12.0. The van der Waals surface area contributed by atoms with Crippen molar-refractivity contribution in [3.63, 3.8) is 0 Å². The minimum Gasteiger partial charge on any atom is -0.508 e. The predicted molar refractivity (Wildman–Crippen MR) is 399 cm³/mol. The molecule has 14 aromatic rings. The summed E-state index contributed by atoms with van der Waals surface area (Å²) in [6.07, 6.45) is 3.29. The number of hydrogen-bond acceptors (Lipinski definition) is 11. The van der Waals surface area contributed by atoms with Gasteiger partial charge in [0.1, 0.15) is 23.0 Å². The predicted octanol–water partition coefficient (Wildman–Crippen LogP) is 16.9. The minimum atomic E-state index is -0.891. The van der Waals surface area contributed by atoms with Crippen LogP contribution in [-0.4, -0.2) is 90.2 Å². The van der Waals surface area contributed by atoms with Gasteiger partial charge in [0.15, 0.2) is 0 Å². The first kappa shape index (κ1) is 72.2. The smallest absolute Gasteiger partial charge is 0.327 e. The summed E-state index contributed by atoms with van der Waals surface area (Å²) in [5, 5.41) is 47.3. The highest BCUT2D eigenvalue weighted by Gasteiger charge is 2.19. The molecule has 20 heteroatoms. The number of phenols is 1. The molecule has 11 aromatic carbocycles. The number of ether oxygens (including phenoxy) is 3. The molecular weight excluding hydrogens is 1330 g/mol. The average Bonchev–Trinajstić information content (AvgIpc) is 1.68. The van der Waals surface area contributed by atoms with Crippen LogP contribution < -0.4 is 30.9 Å². The van der Waals surface area contributed by atoms with Gasteiger partial charge in [0.2, 0.25) is 11.8 Å². The van der Waals surface area contributed by atoms with E-state index in [1.165, 1.54) is 26.2 Å². The third kappa shape index (κ3) is 18.5. The van der Waals surface area contributed by atoms with Crippen molar-refractivity contribution < 1.29 is 48.7 Å². The number of aliphatic carboxylic acids is 2. The van der Waals surface area contributed by atoms with E-state index in [1.807, 2.05) is 160 Å². The highest BCUT2D eigenvalue weighted by Crippen LogP contribution is 2.31. The van der Waals surface area contributed by atoms with E-state index in [1.54, 1.807) is 82.9 Å². The van der Waals surface area contributed by atoms with Crippen molar-refractivity contribution in [1.82, 2.24) is 29.8 Å². The number of aromatic amines is 4. The topological polar surface area (TPSA) is 281 Å². The number of carboxylic acids is 2. The average molecular weight is 1410 g/mol. The summed E-state index contributed by atoms with van der Waals surface area (Å²) in [6, 6.07) is 69.0. The van der Waals surface area contributed by atoms with Gasteiger partial charge in [-0.3, -0.25) is 49.2 Å². The Bertz CT molecular complexity index is 5470. The zero-order valence-corrected chi connectivity index (χ0v) is 57.6. The molecule has 0 fully saturated rings. The monoisotopic (exact) mass is 1410 g/mol. The van der Waals surface area contributed by atoms with E-state index in [4.69, 9.17) is 24.4 Å². The van der Waals surface area contributed by atoms with Gasteiger partial charge >= 0.3 is 11.9 Å². The highest BCUT2D eigenvalue weighted by molar-refractivity contribution is 9.10. The highest BCUT2D eigenvalue weighted by atomic mass is 79.9. The number of benzene rings is 11. The standard InChI is InChI=1S/C22H20N2O3.C21H18N2O3.C15H16O3.C11H9BrO.C7H6N2O.C4H6O2/c1-14(15-7-8-17-13-18(27-2)10-9-16(17)12-15)11-21(25)24-20-6-4-3-5-19(20)22(26)23-24;1-13(14-6-7-16-12-17(24)9-8-15(16)11-14)10-20(25)23-19-5-3-2-4-18(19)21(26)22-23;1-10(7-15(16)17)11-3-4-13-9-14(18-2)6-5-12(13)8-11;1-13-11-5-3-8-6-10(12)4-2-9(8)7-11;10-7-5-3-1-2-4-6(5)8-9-7;1-2-3-4(5)6/h3-10,12-14H,11H2,1-2H3,(H,23,26);2-9,11-13,24H,10H2,1H3,(H,22,26);3-6,8-10H,7H2,1-2H3,(H,16,17);2-7H,1H3;1-4H,(H2,8,9,10);2-3H,1H3,(H,5,6)/b;;;;;3-2+. The lowest BCUT2D eigenvalue weighted by molar-refractivity contribution is -0.137. The fraction of sp³-hybridized carbons (Fsp3) is 0.163. The van der Waals surface area contributed by atoms with Crippen molar-refractivity contribution >= 4 is 115 Å². The number of phenolic OH excluding ortho intramolecular Hbond substituents is 1. The van der Waals surface area contributed by atoms with Gasteiger partial charge in [0.05, 0.1) is 60.5 Å². The van der Waals surface area contributed by atoms with E-state index >= 15 is 0 Å². The number of methoxy groups -OCH3 is 3. The van der Waals surface area contributed by atoms with Gasteiger partial charge in [-0.05, 0) is 182 Å². The molecule has 0 amide bonds. The molecule has 19 nitrogen and oxygen atoms in total. The van der Waals surface area contributed by atoms with Gasteiger partial charge in [-0.25, -0.2) is 14.2 Å². The van der Waals surface area contributed by atoms with E-state index in [9.17, 15) is 38.7 Å². The number of nitrogens with one attached hydrogen (secondary N) is 4. The number of carboxylic acid groups (broad SMARTS) is 2. The van der Waals surface area contributed by atoms with Crippen molar-refractivity contribution in [2.24, 2.45) is 0 Å². The Kier molecular flexibility index (Phi) is 24.4. The summed E-state index contributed by atoms with van der Waals surface area (Å²) in [6.45, 7) is 7.60. The fourth-order valence-corrected chi connectivity index (χ4v) is 11.6. The van der Waals surface area contributed by atoms with Crippen LogP contribution in [0.25, 0.3) is 75.8 Å². The maximum absolute atomic E-state index is 12.8. The fourth-order valence-electron chi connectivity index (χ4n) is 11.2. The molecular formula is C80H75BrN6O13. The van der Waals surface area contributed by atoms with Crippen LogP contribution in [0.5, 0.6) is 23.0 Å². The first-order valence-electron chi connectivity index (χ1n) is 31.9. The van der Waals surface area contributed by atoms with E-state index in [-0.39, 0.29) is 64.8 Å². The number of carbonyl (C=O) groups excluding carboxylic acids is 2. The number of hydrogen-bond donors (Lipinski definition) is 7. The van der Waals surface area contributed by atoms with Crippen molar-refractivity contribution in [3.8, 4) is 23.0 Å². The molecule has 510 valence electrons. The lowest BCUT2D eigenvalue weighted by atomic mass is 9.95. The number of aromatic nitrogens is 6. The van der Waals surface area contributed by atoms with Crippen LogP contribution in [0.2, 0.25) is 0 Å². The summed E-state index contributed by atoms with van der Waals surface area (Å²) in [4.78, 5) is 80.6. The maximum atomic E-state index is 12.8. The van der Waals surface area contributed by atoms with Crippen LogP contribution in [0.3, 0.4) is 0 Å². The molecule has 3 unspecified atom stereocenters. The molecule has 7 N–H and O–H groups in total. The Morgan fingerprint density at radius 3 is 1.22 bits per heavy atom. The second-order valence-corrected chi connectivity index (χ2v) is 24.6. The molecule has 0 radical (unpaired) electrons. The number of halogens is 1. The van der Waals surface area contributed by atoms with Gasteiger partial charge in [-0.15, -0.1) is 0 Å². The summed E-state index contributed by atoms with van der Waals surface area (Å²) in [5.41, 5.74) is 4.68. The zero-order valence-electron chi connectivity index (χ0n) is 56.0. The number of aromatic hydroxyl groups is 1. The van der Waals surface area contributed by atoms with E-state index < -0.39 is 11.9 Å². The van der Waals surface area contributed by atoms with E-state index in [0.29, 0.717) is 33.6 Å². The zero-order chi connectivity index (χ0) is 71.6. The third-order valence-electron chi connectivity index (χ3n) is 16.6. The Labute approximate surface area is 582 Å². The van der Waals surface area contributed by atoms with Crippen LogP contribution in [0.15, 0.2) is 249 Å². The van der Waals surface area contributed by atoms with Crippen LogP contribution in [-0.2, 0) is 9.59 Å². The van der Waals surface area contributed by atoms with Gasteiger partial charge < -0.3 is 29.5 Å². The lowest BCUT2D eigenvalue weighted by Gasteiger charge is -2.13. The first-order valence-corrected chi connectivity index (χ1v) is 32.7. The number of fused-ring (bicyclic) bond motifs is 7. The number of para-hydroxylation sites is 3. The molecule has 14 rings (SSSR count). The van der Waals surface area contributed by atoms with Gasteiger partial charge in [0.25, 0.3) is 16.7 Å². The first-order chi connectivity index (χ1) is 48.1. The Morgan fingerprint density at radius 1 is 0.440 bits per heavy atom. The van der Waals surface area contributed by atoms with E-state index in [0.717, 1.165) is 82.3 Å². The van der Waals surface area contributed by atoms with Gasteiger partial charge in [0, 0.05) is 23.4 Å². The summed E-state index contributed by atoms with van der Waals surface area (Å²) in [5.74, 6) is 0.877. The van der Waals surface area contributed by atoms with E-state index in [2.05, 4.69) is 60.6 Å². The van der Waals surface area contributed by atoms with Crippen LogP contribution >= 0.6 is 15.9 Å². The van der Waals surface area contributed by atoms with Crippen molar-refractivity contribution in [3.05, 3.63) is 283 Å². The normalized spacial score (nSPS) is 11.8. The van der Waals surface area contributed by atoms with Gasteiger partial charge in [-0.2, -0.15) is 0 Å². The summed E-state index contributed by atoms with van der Waals surface area (Å²) in [7, 11) is 4.98. The summed E-state index contributed by atoms with van der Waals surface area (Å²) >= 11 is 3.44. The molecule has 0 bridgehead atoms. The molecule has 3 heterocycles. The second-order valence-electron chi connectivity index (χ2n) is 23.6. The molecule has 3 aromatic heterocycles. The Balaban J connectivity index is 0.000000148. The van der Waals surface area contributed by atoms with Crippen molar-refractivity contribution in [1.29, 1.82) is 0 Å². The molecule has 0 aliphatic heterocycles. The third-order valence-corrected chi connectivity index (χ3v) is 17.1. The van der Waals surface area contributed by atoms with Gasteiger partial charge in [-0.1, -0.05) is 164 Å². The summed E-state index contributed by atoms with van der Waals surface area (Å²) < 4.78 is 19.4. The number of rotatable bonds is 13. The quantitative estimate of drug-likeness (QED) is 0.0530. The van der Waals surface area contributed by atoms with Crippen molar-refractivity contribution in [2.75, 3.05) is 21.3 Å². The molecule has 0 saturated carbocycles. The molecule has 3 atom stereocenters. The van der Waals surface area contributed by atoms with Crippen LogP contribution in [0, 0.1) is 0 Å². The lowest BCUT2D eigenvalue weighted by Crippen LogP contribution is -2.17. The molecule has 0 aliphatic rings. The number of carbonyl (C=O) groups is 4. The second kappa shape index (κ2) is 33.8. The largest absolute Gasteiger partial charge is 0.508 e. The Morgan fingerprint density at radius 2 is 0.810 bits per heavy atom. The molecule has 100 heavy (non-hydrogen) atoms. The molecule has 0 spiro atoms. The van der Waals surface area contributed by atoms with Crippen LogP contribution in [0.1, 0.15) is 91.0 Å². The number of allylic oxidation sites excluding steroid dienone is 1. The maximum Gasteiger partial charge on any atom is 0.327 e. The van der Waals surface area contributed by atoms with Crippen molar-refractivity contribution in [2.45, 2.75) is 64.7 Å².